The standard InChI is InChI=1S/C18H17Cl2N5O/c19-14-4-2-13(3-5-14)12-23-8-10-24(11-9-23)18(26)16-15(20)17-21-6-1-7-25(17)22-16/h1-7H,8-12H2. The lowest BCUT2D eigenvalue weighted by atomic mass is 10.2. The molecule has 1 amide bonds. The van der Waals surface area contributed by atoms with E-state index in [0.29, 0.717) is 23.8 Å². The van der Waals surface area contributed by atoms with Gasteiger partial charge >= 0.3 is 0 Å². The van der Waals surface area contributed by atoms with E-state index in [1.165, 1.54) is 10.1 Å². The predicted molar refractivity (Wildman–Crippen MR) is 101 cm³/mol. The molecule has 4 rings (SSSR count). The van der Waals surface area contributed by atoms with Crippen LogP contribution in [0.3, 0.4) is 0 Å². The molecule has 8 heteroatoms. The first kappa shape index (κ1) is 17.3. The van der Waals surface area contributed by atoms with E-state index in [0.717, 1.165) is 24.7 Å². The molecular formula is C18H17Cl2N5O. The minimum Gasteiger partial charge on any atom is -0.335 e. The topological polar surface area (TPSA) is 53.7 Å². The van der Waals surface area contributed by atoms with Crippen molar-refractivity contribution in [3.8, 4) is 0 Å². The summed E-state index contributed by atoms with van der Waals surface area (Å²) in [6, 6.07) is 9.61. The van der Waals surface area contributed by atoms with Gasteiger partial charge in [-0.1, -0.05) is 35.3 Å². The van der Waals surface area contributed by atoms with Crippen molar-refractivity contribution in [1.29, 1.82) is 0 Å². The van der Waals surface area contributed by atoms with E-state index in [1.54, 1.807) is 23.4 Å². The van der Waals surface area contributed by atoms with E-state index in [4.69, 9.17) is 23.2 Å². The minimum atomic E-state index is -0.147. The van der Waals surface area contributed by atoms with Crippen LogP contribution in [-0.4, -0.2) is 56.5 Å². The fourth-order valence-electron chi connectivity index (χ4n) is 3.10. The van der Waals surface area contributed by atoms with Crippen LogP contribution in [0.4, 0.5) is 0 Å². The van der Waals surface area contributed by atoms with Crippen LogP contribution in [0.5, 0.6) is 0 Å². The second-order valence-corrected chi connectivity index (χ2v) is 7.06. The summed E-state index contributed by atoms with van der Waals surface area (Å²) in [5, 5.41) is 5.33. The van der Waals surface area contributed by atoms with Gasteiger partial charge in [0.15, 0.2) is 11.3 Å². The van der Waals surface area contributed by atoms with Crippen molar-refractivity contribution in [2.75, 3.05) is 26.2 Å². The number of amides is 1. The van der Waals surface area contributed by atoms with Gasteiger partial charge in [0.1, 0.15) is 5.02 Å². The van der Waals surface area contributed by atoms with Crippen LogP contribution < -0.4 is 0 Å². The van der Waals surface area contributed by atoms with Crippen LogP contribution in [0.15, 0.2) is 42.7 Å². The fraction of sp³-hybridized carbons (Fsp3) is 0.278. The minimum absolute atomic E-state index is 0.147. The highest BCUT2D eigenvalue weighted by Crippen LogP contribution is 2.22. The molecule has 0 N–H and O–H groups in total. The zero-order chi connectivity index (χ0) is 18.1. The van der Waals surface area contributed by atoms with E-state index in [-0.39, 0.29) is 11.6 Å². The van der Waals surface area contributed by atoms with E-state index in [1.807, 2.05) is 24.3 Å². The number of carbonyl (C=O) groups is 1. The van der Waals surface area contributed by atoms with Gasteiger partial charge in [0.05, 0.1) is 0 Å². The van der Waals surface area contributed by atoms with Crippen molar-refractivity contribution < 1.29 is 4.79 Å². The molecule has 0 saturated carbocycles. The summed E-state index contributed by atoms with van der Waals surface area (Å²) in [6.07, 6.45) is 3.36. The Morgan fingerprint density at radius 3 is 2.50 bits per heavy atom. The molecule has 0 bridgehead atoms. The third-order valence-corrected chi connectivity index (χ3v) is 5.12. The van der Waals surface area contributed by atoms with Gasteiger partial charge in [0, 0.05) is 50.1 Å². The maximum absolute atomic E-state index is 12.8. The quantitative estimate of drug-likeness (QED) is 0.690. The molecule has 26 heavy (non-hydrogen) atoms. The van der Waals surface area contributed by atoms with Gasteiger partial charge in [-0.15, -0.1) is 0 Å². The van der Waals surface area contributed by atoms with Crippen molar-refractivity contribution in [2.45, 2.75) is 6.54 Å². The van der Waals surface area contributed by atoms with Crippen LogP contribution in [0.1, 0.15) is 16.1 Å². The second-order valence-electron chi connectivity index (χ2n) is 6.25. The van der Waals surface area contributed by atoms with Gasteiger partial charge in [-0.05, 0) is 23.8 Å². The lowest BCUT2D eigenvalue weighted by molar-refractivity contribution is 0.0622. The van der Waals surface area contributed by atoms with E-state index < -0.39 is 0 Å². The highest BCUT2D eigenvalue weighted by atomic mass is 35.5. The summed E-state index contributed by atoms with van der Waals surface area (Å²) in [7, 11) is 0. The number of aromatic nitrogens is 3. The molecule has 3 aromatic rings. The third-order valence-electron chi connectivity index (χ3n) is 4.52. The van der Waals surface area contributed by atoms with Gasteiger partial charge in [0.25, 0.3) is 5.91 Å². The van der Waals surface area contributed by atoms with Crippen LogP contribution in [0.2, 0.25) is 10.0 Å². The first-order valence-corrected chi connectivity index (χ1v) is 9.12. The summed E-state index contributed by atoms with van der Waals surface area (Å²) >= 11 is 12.2. The molecule has 2 aromatic heterocycles. The molecule has 1 aliphatic heterocycles. The summed E-state index contributed by atoms with van der Waals surface area (Å²) in [6.45, 7) is 3.74. The molecule has 0 radical (unpaired) electrons. The molecule has 0 spiro atoms. The zero-order valence-corrected chi connectivity index (χ0v) is 15.5. The number of carbonyl (C=O) groups excluding carboxylic acids is 1. The fourth-order valence-corrected chi connectivity index (χ4v) is 3.48. The van der Waals surface area contributed by atoms with Crippen LogP contribution in [-0.2, 0) is 6.54 Å². The number of hydrogen-bond acceptors (Lipinski definition) is 4. The number of piperazine rings is 1. The first-order chi connectivity index (χ1) is 12.6. The highest BCUT2D eigenvalue weighted by molar-refractivity contribution is 6.36. The summed E-state index contributed by atoms with van der Waals surface area (Å²) in [5.41, 5.74) is 1.97. The highest BCUT2D eigenvalue weighted by Gasteiger charge is 2.27. The van der Waals surface area contributed by atoms with E-state index in [9.17, 15) is 4.79 Å². The Labute approximate surface area is 160 Å². The molecule has 1 aromatic carbocycles. The molecule has 134 valence electrons. The maximum atomic E-state index is 12.8. The number of nitrogens with zero attached hydrogens (tertiary/aromatic N) is 5. The van der Waals surface area contributed by atoms with Crippen LogP contribution in [0, 0.1) is 0 Å². The van der Waals surface area contributed by atoms with E-state index >= 15 is 0 Å². The molecule has 1 saturated heterocycles. The lowest BCUT2D eigenvalue weighted by Crippen LogP contribution is -2.48. The molecule has 1 aliphatic rings. The summed E-state index contributed by atoms with van der Waals surface area (Å²) < 4.78 is 1.53. The summed E-state index contributed by atoms with van der Waals surface area (Å²) in [5.74, 6) is -0.147. The average Bonchev–Trinajstić information content (AvgIpc) is 3.01. The maximum Gasteiger partial charge on any atom is 0.276 e. The summed E-state index contributed by atoms with van der Waals surface area (Å²) in [4.78, 5) is 21.1. The molecule has 0 unspecified atom stereocenters. The van der Waals surface area contributed by atoms with Crippen LogP contribution in [0.25, 0.3) is 5.65 Å². The molecule has 0 atom stereocenters. The van der Waals surface area contributed by atoms with Gasteiger partial charge in [-0.2, -0.15) is 5.10 Å². The van der Waals surface area contributed by atoms with Crippen molar-refractivity contribution in [3.63, 3.8) is 0 Å². The Morgan fingerprint density at radius 1 is 1.08 bits per heavy atom. The molecule has 6 nitrogen and oxygen atoms in total. The Kier molecular flexibility index (Phi) is 4.80. The van der Waals surface area contributed by atoms with Gasteiger partial charge < -0.3 is 4.90 Å². The Morgan fingerprint density at radius 2 is 1.81 bits per heavy atom. The SMILES string of the molecule is O=C(c1nn2cccnc2c1Cl)N1CCN(Cc2ccc(Cl)cc2)CC1. The largest absolute Gasteiger partial charge is 0.335 e. The molecule has 0 aliphatic carbocycles. The first-order valence-electron chi connectivity index (χ1n) is 8.37. The Balaban J connectivity index is 1.41. The Bertz CT molecular complexity index is 932. The molecular weight excluding hydrogens is 373 g/mol. The number of hydrogen-bond donors (Lipinski definition) is 0. The number of rotatable bonds is 3. The monoisotopic (exact) mass is 389 g/mol. The number of benzene rings is 1. The van der Waals surface area contributed by atoms with E-state index in [2.05, 4.69) is 15.0 Å². The number of fused-ring (bicyclic) bond motifs is 1. The van der Waals surface area contributed by atoms with Crippen molar-refractivity contribution in [1.82, 2.24) is 24.4 Å². The van der Waals surface area contributed by atoms with Gasteiger partial charge in [-0.25, -0.2) is 9.50 Å². The zero-order valence-electron chi connectivity index (χ0n) is 14.0. The second kappa shape index (κ2) is 7.23. The van der Waals surface area contributed by atoms with Crippen molar-refractivity contribution in [2.24, 2.45) is 0 Å². The Hall–Kier alpha value is -2.15. The van der Waals surface area contributed by atoms with Crippen molar-refractivity contribution >= 4 is 34.8 Å². The predicted octanol–water partition coefficient (Wildman–Crippen LogP) is 2.99. The smallest absolute Gasteiger partial charge is 0.276 e. The lowest BCUT2D eigenvalue weighted by Gasteiger charge is -2.34. The normalized spacial score (nSPS) is 15.5. The molecule has 1 fully saturated rings. The van der Waals surface area contributed by atoms with Gasteiger partial charge in [0.2, 0.25) is 0 Å². The van der Waals surface area contributed by atoms with Gasteiger partial charge in [-0.3, -0.25) is 9.69 Å². The van der Waals surface area contributed by atoms with Crippen molar-refractivity contribution in [3.05, 3.63) is 64.0 Å². The third kappa shape index (κ3) is 3.40. The molecule has 3 heterocycles. The number of halogens is 2. The average molecular weight is 390 g/mol. The van der Waals surface area contributed by atoms with Crippen LogP contribution >= 0.6 is 23.2 Å².